The van der Waals surface area contributed by atoms with Gasteiger partial charge in [0.05, 0.1) is 0 Å². The summed E-state index contributed by atoms with van der Waals surface area (Å²) in [6.45, 7) is 5.89. The average molecular weight is 397 g/mol. The highest BCUT2D eigenvalue weighted by atomic mass is 19.1. The van der Waals surface area contributed by atoms with E-state index in [0.717, 1.165) is 47.3 Å². The highest BCUT2D eigenvalue weighted by molar-refractivity contribution is 5.85. The van der Waals surface area contributed by atoms with Crippen molar-refractivity contribution in [3.05, 3.63) is 95.3 Å². The van der Waals surface area contributed by atoms with Gasteiger partial charge in [-0.15, -0.1) is 6.58 Å². The van der Waals surface area contributed by atoms with Gasteiger partial charge in [-0.25, -0.2) is 4.39 Å². The molecule has 1 heteroatoms. The Hall–Kier alpha value is -2.85. The summed E-state index contributed by atoms with van der Waals surface area (Å²) in [6.07, 6.45) is 8.90. The Morgan fingerprint density at radius 2 is 1.63 bits per heavy atom. The van der Waals surface area contributed by atoms with Crippen molar-refractivity contribution in [1.82, 2.24) is 0 Å². The monoisotopic (exact) mass is 396 g/mol. The van der Waals surface area contributed by atoms with Gasteiger partial charge >= 0.3 is 0 Å². The molecule has 152 valence electrons. The fourth-order valence-electron chi connectivity index (χ4n) is 4.60. The summed E-state index contributed by atoms with van der Waals surface area (Å²) in [5.74, 6) is 7.49. The third-order valence-electron chi connectivity index (χ3n) is 6.45. The molecule has 0 atom stereocenters. The molecule has 4 rings (SSSR count). The van der Waals surface area contributed by atoms with Gasteiger partial charge in [-0.05, 0) is 92.5 Å². The van der Waals surface area contributed by atoms with E-state index in [1.165, 1.54) is 24.8 Å². The predicted molar refractivity (Wildman–Crippen MR) is 125 cm³/mol. The molecule has 0 unspecified atom stereocenters. The van der Waals surface area contributed by atoms with Crippen LogP contribution in [0.15, 0.2) is 67.3 Å². The van der Waals surface area contributed by atoms with Crippen molar-refractivity contribution in [2.45, 2.75) is 51.4 Å². The van der Waals surface area contributed by atoms with Crippen LogP contribution >= 0.6 is 0 Å². The first-order valence-electron chi connectivity index (χ1n) is 11.1. The van der Waals surface area contributed by atoms with Crippen LogP contribution in [0.2, 0.25) is 0 Å². The summed E-state index contributed by atoms with van der Waals surface area (Å²) in [7, 11) is 0. The minimum Gasteiger partial charge on any atom is -0.206 e. The number of hydrogen-bond donors (Lipinski definition) is 0. The van der Waals surface area contributed by atoms with E-state index in [2.05, 4.69) is 43.5 Å². The summed E-state index contributed by atoms with van der Waals surface area (Å²) < 4.78 is 15.3. The SMILES string of the molecule is C=CCCC1CCC(c2ccc3cc(C#Cc4ccc(C)cc4)ccc3c2F)CC1. The van der Waals surface area contributed by atoms with Gasteiger partial charge in [-0.3, -0.25) is 0 Å². The maximum Gasteiger partial charge on any atom is 0.134 e. The van der Waals surface area contributed by atoms with Gasteiger partial charge in [-0.2, -0.15) is 0 Å². The van der Waals surface area contributed by atoms with Crippen molar-refractivity contribution >= 4 is 10.8 Å². The Morgan fingerprint density at radius 3 is 2.37 bits per heavy atom. The van der Waals surface area contributed by atoms with Crippen LogP contribution in [0.5, 0.6) is 0 Å². The van der Waals surface area contributed by atoms with Crippen LogP contribution in [0.4, 0.5) is 4.39 Å². The summed E-state index contributed by atoms with van der Waals surface area (Å²) >= 11 is 0. The molecule has 0 amide bonds. The van der Waals surface area contributed by atoms with Crippen LogP contribution in [-0.4, -0.2) is 0 Å². The van der Waals surface area contributed by atoms with Gasteiger partial charge < -0.3 is 0 Å². The van der Waals surface area contributed by atoms with E-state index in [0.29, 0.717) is 11.3 Å². The minimum absolute atomic E-state index is 0.0416. The molecule has 3 aromatic carbocycles. The van der Waals surface area contributed by atoms with E-state index in [4.69, 9.17) is 0 Å². The fourth-order valence-corrected chi connectivity index (χ4v) is 4.60. The zero-order valence-electron chi connectivity index (χ0n) is 17.8. The lowest BCUT2D eigenvalue weighted by Crippen LogP contribution is -2.14. The van der Waals surface area contributed by atoms with Gasteiger partial charge in [-0.1, -0.05) is 53.8 Å². The van der Waals surface area contributed by atoms with E-state index in [1.54, 1.807) is 0 Å². The average Bonchev–Trinajstić information content (AvgIpc) is 2.78. The first-order chi connectivity index (χ1) is 14.6. The molecule has 0 saturated heterocycles. The number of benzene rings is 3. The Kier molecular flexibility index (Phi) is 6.34. The third-order valence-corrected chi connectivity index (χ3v) is 6.45. The Bertz CT molecular complexity index is 1090. The lowest BCUT2D eigenvalue weighted by molar-refractivity contribution is 0.308. The molecular weight excluding hydrogens is 367 g/mol. The van der Waals surface area contributed by atoms with Crippen LogP contribution in [0.1, 0.15) is 66.7 Å². The van der Waals surface area contributed by atoms with E-state index in [1.807, 2.05) is 42.5 Å². The maximum atomic E-state index is 15.3. The molecule has 0 aromatic heterocycles. The quantitative estimate of drug-likeness (QED) is 0.310. The Balaban J connectivity index is 1.52. The van der Waals surface area contributed by atoms with Crippen LogP contribution in [-0.2, 0) is 0 Å². The molecular formula is C29H29F. The molecule has 0 aliphatic heterocycles. The second kappa shape index (κ2) is 9.31. The number of hydrogen-bond acceptors (Lipinski definition) is 0. The van der Waals surface area contributed by atoms with Crippen molar-refractivity contribution in [2.24, 2.45) is 5.92 Å². The highest BCUT2D eigenvalue weighted by Gasteiger charge is 2.24. The second-order valence-electron chi connectivity index (χ2n) is 8.60. The van der Waals surface area contributed by atoms with Crippen LogP contribution in [0, 0.1) is 30.5 Å². The molecule has 1 fully saturated rings. The minimum atomic E-state index is -0.0416. The van der Waals surface area contributed by atoms with E-state index >= 15 is 4.39 Å². The first kappa shape index (κ1) is 20.4. The van der Waals surface area contributed by atoms with Gasteiger partial charge in [0.15, 0.2) is 0 Å². The molecule has 0 radical (unpaired) electrons. The molecule has 0 nitrogen and oxygen atoms in total. The predicted octanol–water partition coefficient (Wildman–Crippen LogP) is 7.93. The largest absolute Gasteiger partial charge is 0.206 e. The van der Waals surface area contributed by atoms with E-state index < -0.39 is 0 Å². The summed E-state index contributed by atoms with van der Waals surface area (Å²) in [6, 6.07) is 18.1. The normalized spacial score (nSPS) is 18.6. The van der Waals surface area contributed by atoms with Crippen molar-refractivity contribution in [2.75, 3.05) is 0 Å². The standard InChI is InChI=1S/C29H29F/c1-3-4-5-22-12-15-25(16-13-22)27-19-17-26-20-24(14-18-28(26)29(27)30)11-10-23-8-6-21(2)7-9-23/h3,6-9,14,17-20,22,25H,1,4-5,12-13,15-16H2,2H3. The van der Waals surface area contributed by atoms with Crippen molar-refractivity contribution < 1.29 is 4.39 Å². The maximum absolute atomic E-state index is 15.3. The molecule has 0 spiro atoms. The lowest BCUT2D eigenvalue weighted by atomic mass is 9.76. The number of halogens is 1. The molecule has 1 saturated carbocycles. The first-order valence-corrected chi connectivity index (χ1v) is 11.1. The van der Waals surface area contributed by atoms with Gasteiger partial charge in [0.1, 0.15) is 5.82 Å². The molecule has 0 N–H and O–H groups in total. The van der Waals surface area contributed by atoms with Gasteiger partial charge in [0.2, 0.25) is 0 Å². The van der Waals surface area contributed by atoms with Crippen LogP contribution in [0.25, 0.3) is 10.8 Å². The Morgan fingerprint density at radius 1 is 0.933 bits per heavy atom. The zero-order valence-corrected chi connectivity index (χ0v) is 17.8. The van der Waals surface area contributed by atoms with E-state index in [-0.39, 0.29) is 5.82 Å². The number of aryl methyl sites for hydroxylation is 1. The lowest BCUT2D eigenvalue weighted by Gasteiger charge is -2.29. The summed E-state index contributed by atoms with van der Waals surface area (Å²) in [5, 5.41) is 1.63. The van der Waals surface area contributed by atoms with Crippen molar-refractivity contribution in [3.63, 3.8) is 0 Å². The third kappa shape index (κ3) is 4.65. The molecule has 1 aliphatic carbocycles. The van der Waals surface area contributed by atoms with Crippen molar-refractivity contribution in [1.29, 1.82) is 0 Å². The number of allylic oxidation sites excluding steroid dienone is 1. The molecule has 3 aromatic rings. The number of rotatable bonds is 4. The smallest absolute Gasteiger partial charge is 0.134 e. The van der Waals surface area contributed by atoms with Gasteiger partial charge in [0.25, 0.3) is 0 Å². The van der Waals surface area contributed by atoms with Gasteiger partial charge in [0, 0.05) is 16.5 Å². The highest BCUT2D eigenvalue weighted by Crippen LogP contribution is 2.39. The molecule has 1 aliphatic rings. The number of fused-ring (bicyclic) bond motifs is 1. The fraction of sp³-hybridized carbons (Fsp3) is 0.310. The molecule has 30 heavy (non-hydrogen) atoms. The molecule has 0 bridgehead atoms. The topological polar surface area (TPSA) is 0 Å². The Labute approximate surface area is 179 Å². The van der Waals surface area contributed by atoms with Crippen LogP contribution < -0.4 is 0 Å². The van der Waals surface area contributed by atoms with E-state index in [9.17, 15) is 0 Å². The van der Waals surface area contributed by atoms with Crippen molar-refractivity contribution in [3.8, 4) is 11.8 Å². The zero-order chi connectivity index (χ0) is 20.9. The summed E-state index contributed by atoms with van der Waals surface area (Å²) in [5.41, 5.74) is 4.02. The summed E-state index contributed by atoms with van der Waals surface area (Å²) in [4.78, 5) is 0. The second-order valence-corrected chi connectivity index (χ2v) is 8.60. The molecule has 0 heterocycles. The van der Waals surface area contributed by atoms with Crippen LogP contribution in [0.3, 0.4) is 0 Å².